The molecule has 1 fully saturated rings. The number of anilines is 2. The number of nitrogens with zero attached hydrogens (tertiary/aromatic N) is 2. The molecule has 0 atom stereocenters. The number of aryl methyl sites for hydroxylation is 1. The number of para-hydroxylation sites is 2. The van der Waals surface area contributed by atoms with Gasteiger partial charge in [0.2, 0.25) is 0 Å². The van der Waals surface area contributed by atoms with Gasteiger partial charge in [-0.2, -0.15) is 0 Å². The van der Waals surface area contributed by atoms with Crippen LogP contribution in [0.15, 0.2) is 72.8 Å². The van der Waals surface area contributed by atoms with Gasteiger partial charge in [-0.25, -0.2) is 4.79 Å². The number of ether oxygens (including phenoxy) is 1. The second kappa shape index (κ2) is 10.2. The van der Waals surface area contributed by atoms with Crippen LogP contribution in [0.5, 0.6) is 5.75 Å². The van der Waals surface area contributed by atoms with Crippen LogP contribution in [-0.2, 0) is 6.54 Å². The Morgan fingerprint density at radius 2 is 1.79 bits per heavy atom. The lowest BCUT2D eigenvalue weighted by molar-refractivity contribution is 0.102. The van der Waals surface area contributed by atoms with E-state index < -0.39 is 0 Å². The van der Waals surface area contributed by atoms with Crippen LogP contribution in [0.25, 0.3) is 0 Å². The largest absolute Gasteiger partial charge is 0.492 e. The quantitative estimate of drug-likeness (QED) is 0.526. The van der Waals surface area contributed by atoms with Crippen molar-refractivity contribution in [3.05, 3.63) is 89.5 Å². The van der Waals surface area contributed by atoms with Crippen molar-refractivity contribution in [2.75, 3.05) is 29.9 Å². The molecule has 0 bridgehead atoms. The first-order valence-electron chi connectivity index (χ1n) is 11.3. The highest BCUT2D eigenvalue weighted by Gasteiger charge is 2.27. The third-order valence-electron chi connectivity index (χ3n) is 5.64. The highest BCUT2D eigenvalue weighted by molar-refractivity contribution is 6.05. The number of hydrogen-bond acceptors (Lipinski definition) is 3. The topological polar surface area (TPSA) is 61.9 Å². The maximum Gasteiger partial charge on any atom is 0.324 e. The Bertz CT molecular complexity index is 1130. The van der Waals surface area contributed by atoms with Crippen LogP contribution >= 0.6 is 0 Å². The smallest absolute Gasteiger partial charge is 0.324 e. The summed E-state index contributed by atoms with van der Waals surface area (Å²) in [5.74, 6) is 0.414. The zero-order valence-electron chi connectivity index (χ0n) is 19.1. The van der Waals surface area contributed by atoms with Gasteiger partial charge in [0.15, 0.2) is 0 Å². The first-order valence-corrected chi connectivity index (χ1v) is 11.3. The van der Waals surface area contributed by atoms with Crippen molar-refractivity contribution in [3.8, 4) is 5.75 Å². The lowest BCUT2D eigenvalue weighted by Crippen LogP contribution is -2.49. The van der Waals surface area contributed by atoms with Crippen LogP contribution in [-0.4, -0.2) is 36.5 Å². The molecular weight excluding hydrogens is 414 g/mol. The van der Waals surface area contributed by atoms with Crippen LogP contribution in [0.1, 0.15) is 34.8 Å². The number of hydrogen-bond donors (Lipinski definition) is 1. The maximum atomic E-state index is 13.1. The molecule has 170 valence electrons. The summed E-state index contributed by atoms with van der Waals surface area (Å²) < 4.78 is 5.58. The molecule has 1 aliphatic rings. The Morgan fingerprint density at radius 3 is 2.55 bits per heavy atom. The van der Waals surface area contributed by atoms with E-state index in [-0.39, 0.29) is 11.9 Å². The number of carbonyl (C=O) groups excluding carboxylic acids is 2. The summed E-state index contributed by atoms with van der Waals surface area (Å²) in [6.45, 7) is 6.48. The van der Waals surface area contributed by atoms with Gasteiger partial charge < -0.3 is 15.0 Å². The van der Waals surface area contributed by atoms with Gasteiger partial charge in [0.25, 0.3) is 5.91 Å². The zero-order chi connectivity index (χ0) is 23.2. The molecule has 3 aromatic rings. The van der Waals surface area contributed by atoms with Crippen molar-refractivity contribution < 1.29 is 14.3 Å². The van der Waals surface area contributed by atoms with Gasteiger partial charge in [0, 0.05) is 30.9 Å². The second-order valence-electron chi connectivity index (χ2n) is 8.13. The van der Waals surface area contributed by atoms with Crippen molar-refractivity contribution in [2.45, 2.75) is 26.8 Å². The van der Waals surface area contributed by atoms with Crippen LogP contribution in [0, 0.1) is 6.92 Å². The molecule has 1 N–H and O–H groups in total. The number of urea groups is 1. The number of rotatable bonds is 7. The van der Waals surface area contributed by atoms with Crippen molar-refractivity contribution in [1.82, 2.24) is 4.90 Å². The Kier molecular flexibility index (Phi) is 6.93. The van der Waals surface area contributed by atoms with E-state index in [0.717, 1.165) is 24.2 Å². The molecule has 4 rings (SSSR count). The molecule has 0 saturated carbocycles. The van der Waals surface area contributed by atoms with Crippen LogP contribution in [0.2, 0.25) is 0 Å². The average Bonchev–Trinajstić information content (AvgIpc) is 2.82. The van der Waals surface area contributed by atoms with Crippen LogP contribution in [0.3, 0.4) is 0 Å². The molecule has 0 aromatic heterocycles. The molecule has 0 aliphatic carbocycles. The fraction of sp³-hybridized carbons (Fsp3) is 0.259. The van der Waals surface area contributed by atoms with Gasteiger partial charge in [-0.05, 0) is 62.2 Å². The second-order valence-corrected chi connectivity index (χ2v) is 8.13. The van der Waals surface area contributed by atoms with E-state index in [9.17, 15) is 9.59 Å². The van der Waals surface area contributed by atoms with Crippen molar-refractivity contribution in [1.29, 1.82) is 0 Å². The Balaban J connectivity index is 1.44. The Hall–Kier alpha value is -3.80. The van der Waals surface area contributed by atoms with Crippen LogP contribution in [0.4, 0.5) is 16.2 Å². The van der Waals surface area contributed by atoms with Crippen molar-refractivity contribution >= 4 is 23.3 Å². The number of carbonyl (C=O) groups is 2. The van der Waals surface area contributed by atoms with E-state index in [1.54, 1.807) is 17.0 Å². The molecule has 0 unspecified atom stereocenters. The van der Waals surface area contributed by atoms with Gasteiger partial charge >= 0.3 is 6.03 Å². The standard InChI is InChI=1S/C27H29N3O3/c1-3-33-25-11-5-4-10-24(25)28-26(31)22-12-14-23(15-13-22)30-17-7-16-29(27(30)32)19-21-9-6-8-20(2)18-21/h4-6,8-15,18H,3,7,16-17,19H2,1-2H3,(H,28,31). The highest BCUT2D eigenvalue weighted by atomic mass is 16.5. The SMILES string of the molecule is CCOc1ccccc1NC(=O)c1ccc(N2CCCN(Cc3cccc(C)c3)C2=O)cc1. The molecule has 1 saturated heterocycles. The molecule has 33 heavy (non-hydrogen) atoms. The number of benzene rings is 3. The molecule has 0 spiro atoms. The molecule has 3 amide bonds. The minimum Gasteiger partial charge on any atom is -0.492 e. The minimum absolute atomic E-state index is 0.00870. The predicted molar refractivity (Wildman–Crippen MR) is 131 cm³/mol. The van der Waals surface area contributed by atoms with Crippen molar-refractivity contribution in [2.24, 2.45) is 0 Å². The third kappa shape index (κ3) is 5.34. The van der Waals surface area contributed by atoms with Gasteiger partial charge in [0.05, 0.1) is 12.3 Å². The lowest BCUT2D eigenvalue weighted by atomic mass is 10.1. The molecule has 1 aliphatic heterocycles. The van der Waals surface area contributed by atoms with Crippen molar-refractivity contribution in [3.63, 3.8) is 0 Å². The minimum atomic E-state index is -0.222. The molecule has 6 heteroatoms. The summed E-state index contributed by atoms with van der Waals surface area (Å²) in [5, 5.41) is 2.91. The fourth-order valence-corrected chi connectivity index (χ4v) is 4.04. The monoisotopic (exact) mass is 443 g/mol. The first-order chi connectivity index (χ1) is 16.0. The van der Waals surface area contributed by atoms with E-state index in [2.05, 4.69) is 30.4 Å². The predicted octanol–water partition coefficient (Wildman–Crippen LogP) is 5.48. The molecule has 0 radical (unpaired) electrons. The lowest BCUT2D eigenvalue weighted by Gasteiger charge is -2.35. The average molecular weight is 444 g/mol. The van der Waals surface area contributed by atoms with Gasteiger partial charge in [-0.15, -0.1) is 0 Å². The van der Waals surface area contributed by atoms with E-state index in [1.165, 1.54) is 5.56 Å². The van der Waals surface area contributed by atoms with Crippen LogP contribution < -0.4 is 15.0 Å². The number of amides is 3. The summed E-state index contributed by atoms with van der Waals surface area (Å²) in [6.07, 6.45) is 0.897. The summed E-state index contributed by atoms with van der Waals surface area (Å²) in [4.78, 5) is 29.5. The van der Waals surface area contributed by atoms with E-state index in [0.29, 0.717) is 36.7 Å². The molecule has 6 nitrogen and oxygen atoms in total. The Labute approximate surface area is 194 Å². The van der Waals surface area contributed by atoms with E-state index in [1.807, 2.05) is 54.3 Å². The van der Waals surface area contributed by atoms with E-state index in [4.69, 9.17) is 4.74 Å². The molecule has 3 aromatic carbocycles. The summed E-state index contributed by atoms with van der Waals surface area (Å²) in [6, 6.07) is 22.8. The summed E-state index contributed by atoms with van der Waals surface area (Å²) in [5.41, 5.74) is 4.26. The Morgan fingerprint density at radius 1 is 1.00 bits per heavy atom. The zero-order valence-corrected chi connectivity index (χ0v) is 19.1. The normalized spacial score (nSPS) is 13.7. The van der Waals surface area contributed by atoms with Gasteiger partial charge in [-0.3, -0.25) is 9.69 Å². The number of nitrogens with one attached hydrogen (secondary N) is 1. The van der Waals surface area contributed by atoms with E-state index >= 15 is 0 Å². The van der Waals surface area contributed by atoms with Gasteiger partial charge in [-0.1, -0.05) is 42.0 Å². The third-order valence-corrected chi connectivity index (χ3v) is 5.64. The molecular formula is C27H29N3O3. The fourth-order valence-electron chi connectivity index (χ4n) is 4.04. The summed E-state index contributed by atoms with van der Waals surface area (Å²) in [7, 11) is 0. The molecule has 1 heterocycles. The summed E-state index contributed by atoms with van der Waals surface area (Å²) >= 11 is 0. The highest BCUT2D eigenvalue weighted by Crippen LogP contribution is 2.26. The van der Waals surface area contributed by atoms with Gasteiger partial charge in [0.1, 0.15) is 5.75 Å². The first kappa shape index (κ1) is 22.4. The maximum absolute atomic E-state index is 13.1.